The van der Waals surface area contributed by atoms with Gasteiger partial charge in [0.15, 0.2) is 0 Å². The Balaban J connectivity index is 2.59. The predicted molar refractivity (Wildman–Crippen MR) is 73.4 cm³/mol. The lowest BCUT2D eigenvalue weighted by molar-refractivity contribution is -0.140. The van der Waals surface area contributed by atoms with Crippen LogP contribution in [0.3, 0.4) is 0 Å². The topological polar surface area (TPSA) is 83.5 Å². The first-order valence-electron chi connectivity index (χ1n) is 5.48. The third-order valence-electron chi connectivity index (χ3n) is 2.27. The van der Waals surface area contributed by atoms with Gasteiger partial charge >= 0.3 is 5.97 Å². The number of hydrogen-bond acceptors (Lipinski definition) is 3. The van der Waals surface area contributed by atoms with Crippen LogP contribution in [0.15, 0.2) is 24.3 Å². The molecule has 0 radical (unpaired) electrons. The Kier molecular flexibility index (Phi) is 5.98. The fraction of sp³-hybridized carbons (Fsp3) is 0.333. The molecule has 0 saturated heterocycles. The van der Waals surface area contributed by atoms with E-state index in [1.807, 2.05) is 0 Å². The highest BCUT2D eigenvalue weighted by Crippen LogP contribution is 2.11. The quantitative estimate of drug-likeness (QED) is 0.826. The molecule has 1 amide bonds. The fourth-order valence-corrected chi connectivity index (χ4v) is 2.84. The number of hydrogen-bond donors (Lipinski definition) is 2. The van der Waals surface area contributed by atoms with E-state index in [1.54, 1.807) is 24.3 Å². The number of carbonyl (C=O) groups is 2. The predicted octanol–water partition coefficient (Wildman–Crippen LogP) is 1.18. The third-order valence-corrected chi connectivity index (χ3v) is 3.88. The average Bonchev–Trinajstić information content (AvgIpc) is 2.30. The molecule has 2 N–H and O–H groups in total. The lowest BCUT2D eigenvalue weighted by Gasteiger charge is -2.12. The van der Waals surface area contributed by atoms with Crippen molar-refractivity contribution < 1.29 is 18.9 Å². The number of halogens is 1. The molecule has 2 atom stereocenters. The van der Waals surface area contributed by atoms with E-state index in [4.69, 9.17) is 16.7 Å². The molecule has 0 aliphatic carbocycles. The lowest BCUT2D eigenvalue weighted by Crippen LogP contribution is -2.43. The number of nitrogens with one attached hydrogen (secondary N) is 1. The molecule has 7 heteroatoms. The second-order valence-corrected chi connectivity index (χ2v) is 5.91. The monoisotopic (exact) mass is 303 g/mol. The van der Waals surface area contributed by atoms with Crippen LogP contribution in [0.4, 0.5) is 0 Å². The second-order valence-electron chi connectivity index (χ2n) is 3.97. The van der Waals surface area contributed by atoms with E-state index < -0.39 is 28.7 Å². The molecule has 0 saturated carbocycles. The third kappa shape index (κ3) is 5.85. The minimum Gasteiger partial charge on any atom is -0.480 e. The van der Waals surface area contributed by atoms with Crippen molar-refractivity contribution in [1.29, 1.82) is 0 Å². The highest BCUT2D eigenvalue weighted by Gasteiger charge is 2.21. The van der Waals surface area contributed by atoms with Crippen LogP contribution in [-0.4, -0.2) is 33.0 Å². The molecule has 0 aromatic heterocycles. The highest BCUT2D eigenvalue weighted by atomic mass is 35.5. The van der Waals surface area contributed by atoms with Crippen molar-refractivity contribution in [1.82, 2.24) is 5.32 Å². The van der Waals surface area contributed by atoms with Crippen LogP contribution in [-0.2, 0) is 26.1 Å². The Morgan fingerprint density at radius 3 is 2.42 bits per heavy atom. The van der Waals surface area contributed by atoms with Crippen LogP contribution >= 0.6 is 11.6 Å². The van der Waals surface area contributed by atoms with Gasteiger partial charge in [-0.3, -0.25) is 9.00 Å². The van der Waals surface area contributed by atoms with Crippen molar-refractivity contribution >= 4 is 34.3 Å². The highest BCUT2D eigenvalue weighted by molar-refractivity contribution is 7.84. The van der Waals surface area contributed by atoms with Crippen LogP contribution in [0.1, 0.15) is 12.5 Å². The van der Waals surface area contributed by atoms with Crippen LogP contribution in [0.5, 0.6) is 0 Å². The summed E-state index contributed by atoms with van der Waals surface area (Å²) in [5, 5.41) is 11.7. The van der Waals surface area contributed by atoms with Gasteiger partial charge in [-0.15, -0.1) is 0 Å². The summed E-state index contributed by atoms with van der Waals surface area (Å²) in [6.07, 6.45) is 0. The van der Waals surface area contributed by atoms with E-state index in [9.17, 15) is 13.8 Å². The molecule has 0 aliphatic rings. The first-order valence-corrected chi connectivity index (χ1v) is 7.34. The van der Waals surface area contributed by atoms with E-state index >= 15 is 0 Å². The van der Waals surface area contributed by atoms with Crippen molar-refractivity contribution in [2.45, 2.75) is 18.7 Å². The first kappa shape index (κ1) is 15.7. The molecule has 2 unspecified atom stereocenters. The molecule has 0 spiro atoms. The van der Waals surface area contributed by atoms with Crippen LogP contribution in [0.25, 0.3) is 0 Å². The van der Waals surface area contributed by atoms with Gasteiger partial charge in [-0.05, 0) is 17.7 Å². The number of carboxylic acid groups (broad SMARTS) is 1. The zero-order valence-corrected chi connectivity index (χ0v) is 11.8. The maximum atomic E-state index is 11.9. The van der Waals surface area contributed by atoms with E-state index in [1.165, 1.54) is 6.92 Å². The molecular weight excluding hydrogens is 290 g/mol. The number of amides is 1. The summed E-state index contributed by atoms with van der Waals surface area (Å²) in [7, 11) is -1.38. The fourth-order valence-electron chi connectivity index (χ4n) is 1.43. The second kappa shape index (κ2) is 7.25. The van der Waals surface area contributed by atoms with Gasteiger partial charge in [-0.1, -0.05) is 23.7 Å². The molecule has 1 aromatic carbocycles. The summed E-state index contributed by atoms with van der Waals surface area (Å²) in [6, 6.07) is 5.68. The maximum Gasteiger partial charge on any atom is 0.327 e. The minimum atomic E-state index is -1.38. The molecule has 1 rings (SSSR count). The number of carbonyl (C=O) groups excluding carboxylic acids is 1. The zero-order chi connectivity index (χ0) is 14.4. The van der Waals surface area contributed by atoms with Gasteiger partial charge in [-0.25, -0.2) is 4.79 Å². The Hall–Kier alpha value is -1.40. The summed E-state index contributed by atoms with van der Waals surface area (Å²) in [4.78, 5) is 21.7. The smallest absolute Gasteiger partial charge is 0.327 e. The van der Waals surface area contributed by atoms with E-state index in [0.29, 0.717) is 5.02 Å². The van der Waals surface area contributed by atoms with Crippen molar-refractivity contribution in [3.63, 3.8) is 0 Å². The number of rotatable bonds is 6. The standard InChI is InChI=1S/C12H14ClNO4S/c1-8(15)14-11(12(16)17)7-19(18)6-9-2-4-10(13)5-3-9/h2-5,11H,6-7H2,1H3,(H,14,15)(H,16,17). The van der Waals surface area contributed by atoms with Crippen LogP contribution in [0.2, 0.25) is 5.02 Å². The van der Waals surface area contributed by atoms with Gasteiger partial charge in [0, 0.05) is 28.5 Å². The maximum absolute atomic E-state index is 11.9. The first-order chi connectivity index (χ1) is 8.88. The molecule has 0 fully saturated rings. The summed E-state index contributed by atoms with van der Waals surface area (Å²) in [6.45, 7) is 1.22. The summed E-state index contributed by atoms with van der Waals surface area (Å²) < 4.78 is 11.9. The van der Waals surface area contributed by atoms with Crippen molar-refractivity contribution in [2.75, 3.05) is 5.75 Å². The van der Waals surface area contributed by atoms with Crippen LogP contribution in [0, 0.1) is 0 Å². The van der Waals surface area contributed by atoms with Gasteiger partial charge in [-0.2, -0.15) is 0 Å². The minimum absolute atomic E-state index is 0.127. The van der Waals surface area contributed by atoms with Gasteiger partial charge < -0.3 is 10.4 Å². The van der Waals surface area contributed by atoms with E-state index in [0.717, 1.165) is 5.56 Å². The van der Waals surface area contributed by atoms with E-state index in [-0.39, 0.29) is 11.5 Å². The zero-order valence-electron chi connectivity index (χ0n) is 10.3. The number of aliphatic carboxylic acids is 1. The molecule has 104 valence electrons. The molecule has 0 heterocycles. The Labute approximate surface area is 118 Å². The Bertz CT molecular complexity index is 489. The van der Waals surface area contributed by atoms with Crippen LogP contribution < -0.4 is 5.32 Å². The molecule has 0 aliphatic heterocycles. The van der Waals surface area contributed by atoms with Gasteiger partial charge in [0.25, 0.3) is 0 Å². The number of carboxylic acids is 1. The Morgan fingerprint density at radius 2 is 1.95 bits per heavy atom. The summed E-state index contributed by atoms with van der Waals surface area (Å²) >= 11 is 5.73. The number of benzene rings is 1. The molecular formula is C12H14ClNO4S. The van der Waals surface area contributed by atoms with Crippen molar-refractivity contribution in [3.8, 4) is 0 Å². The largest absolute Gasteiger partial charge is 0.480 e. The average molecular weight is 304 g/mol. The molecule has 0 bridgehead atoms. The molecule has 5 nitrogen and oxygen atoms in total. The van der Waals surface area contributed by atoms with Gasteiger partial charge in [0.1, 0.15) is 6.04 Å². The van der Waals surface area contributed by atoms with Crippen molar-refractivity contribution in [2.24, 2.45) is 0 Å². The van der Waals surface area contributed by atoms with Gasteiger partial charge in [0.05, 0.1) is 5.75 Å². The summed E-state index contributed by atoms with van der Waals surface area (Å²) in [5.74, 6) is -1.56. The van der Waals surface area contributed by atoms with E-state index in [2.05, 4.69) is 5.32 Å². The molecule has 19 heavy (non-hydrogen) atoms. The lowest BCUT2D eigenvalue weighted by atomic mass is 10.2. The SMILES string of the molecule is CC(=O)NC(CS(=O)Cc1ccc(Cl)cc1)C(=O)O. The van der Waals surface area contributed by atoms with Crippen molar-refractivity contribution in [3.05, 3.63) is 34.9 Å². The normalized spacial score (nSPS) is 13.6. The Morgan fingerprint density at radius 1 is 1.37 bits per heavy atom. The molecule has 1 aromatic rings. The summed E-state index contributed by atoms with van der Waals surface area (Å²) in [5.41, 5.74) is 0.801. The van der Waals surface area contributed by atoms with Gasteiger partial charge in [0.2, 0.25) is 5.91 Å².